The molecule has 1 heterocycles. The average Bonchev–Trinajstić information content (AvgIpc) is 2.90. The van der Waals surface area contributed by atoms with E-state index < -0.39 is 5.60 Å². The predicted octanol–water partition coefficient (Wildman–Crippen LogP) is 3.51. The standard InChI is InChI=1S/C19H28N2O2/c1-12-6-8-14(9-7-12)13(2)20-17-15-10-21(11-16(15)17)18(22)23-19(3,4)5/h6-9,13,15-17,20H,10-11H2,1-5H3. The van der Waals surface area contributed by atoms with Crippen LogP contribution in [-0.2, 0) is 4.74 Å². The molecule has 1 saturated carbocycles. The highest BCUT2D eigenvalue weighted by Crippen LogP contribution is 2.46. The van der Waals surface area contributed by atoms with Gasteiger partial charge in [-0.3, -0.25) is 0 Å². The van der Waals surface area contributed by atoms with E-state index in [1.54, 1.807) is 0 Å². The van der Waals surface area contributed by atoms with Gasteiger partial charge in [-0.25, -0.2) is 4.79 Å². The van der Waals surface area contributed by atoms with Crippen molar-refractivity contribution in [2.45, 2.75) is 52.3 Å². The lowest BCUT2D eigenvalue weighted by molar-refractivity contribution is 0.0269. The predicted molar refractivity (Wildman–Crippen MR) is 91.3 cm³/mol. The Hall–Kier alpha value is -1.55. The van der Waals surface area contributed by atoms with Crippen LogP contribution >= 0.6 is 0 Å². The van der Waals surface area contributed by atoms with Gasteiger partial charge in [0.15, 0.2) is 0 Å². The summed E-state index contributed by atoms with van der Waals surface area (Å²) in [7, 11) is 0. The van der Waals surface area contributed by atoms with E-state index in [2.05, 4.69) is 43.4 Å². The fourth-order valence-corrected chi connectivity index (χ4v) is 3.49. The van der Waals surface area contributed by atoms with Crippen LogP contribution in [0.4, 0.5) is 4.79 Å². The maximum Gasteiger partial charge on any atom is 0.410 e. The molecule has 3 atom stereocenters. The smallest absolute Gasteiger partial charge is 0.410 e. The number of nitrogens with one attached hydrogen (secondary N) is 1. The minimum Gasteiger partial charge on any atom is -0.444 e. The van der Waals surface area contributed by atoms with Crippen LogP contribution in [0.1, 0.15) is 44.9 Å². The molecule has 4 heteroatoms. The summed E-state index contributed by atoms with van der Waals surface area (Å²) in [5, 5.41) is 3.72. The Labute approximate surface area is 139 Å². The summed E-state index contributed by atoms with van der Waals surface area (Å²) in [5.41, 5.74) is 2.20. The van der Waals surface area contributed by atoms with Crippen molar-refractivity contribution in [3.05, 3.63) is 35.4 Å². The number of nitrogens with zero attached hydrogens (tertiary/aromatic N) is 1. The number of hydrogen-bond donors (Lipinski definition) is 1. The Bertz CT molecular complexity index is 564. The van der Waals surface area contributed by atoms with Crippen molar-refractivity contribution in [3.63, 3.8) is 0 Å². The highest BCUT2D eigenvalue weighted by atomic mass is 16.6. The molecule has 1 aromatic carbocycles. The molecule has 1 aliphatic heterocycles. The van der Waals surface area contributed by atoms with Gasteiger partial charge >= 0.3 is 6.09 Å². The SMILES string of the molecule is Cc1ccc(C(C)NC2C3CN(C(=O)OC(C)(C)C)CC32)cc1. The Morgan fingerprint density at radius 3 is 2.30 bits per heavy atom. The third-order valence-corrected chi connectivity index (χ3v) is 4.87. The van der Waals surface area contributed by atoms with Crippen molar-refractivity contribution in [1.29, 1.82) is 0 Å². The van der Waals surface area contributed by atoms with Crippen molar-refractivity contribution in [2.24, 2.45) is 11.8 Å². The maximum atomic E-state index is 12.1. The van der Waals surface area contributed by atoms with E-state index in [4.69, 9.17) is 4.74 Å². The molecule has 4 nitrogen and oxygen atoms in total. The van der Waals surface area contributed by atoms with E-state index in [1.165, 1.54) is 11.1 Å². The Balaban J connectivity index is 1.48. The van der Waals surface area contributed by atoms with Gasteiger partial charge in [-0.15, -0.1) is 0 Å². The van der Waals surface area contributed by atoms with Crippen LogP contribution in [0.2, 0.25) is 0 Å². The third kappa shape index (κ3) is 3.69. The summed E-state index contributed by atoms with van der Waals surface area (Å²) in [6, 6.07) is 9.58. The summed E-state index contributed by atoms with van der Waals surface area (Å²) in [6.07, 6.45) is -0.171. The van der Waals surface area contributed by atoms with E-state index >= 15 is 0 Å². The van der Waals surface area contributed by atoms with E-state index in [0.717, 1.165) is 13.1 Å². The summed E-state index contributed by atoms with van der Waals surface area (Å²) < 4.78 is 5.45. The summed E-state index contributed by atoms with van der Waals surface area (Å²) in [5.74, 6) is 1.16. The number of benzene rings is 1. The molecule has 126 valence electrons. The van der Waals surface area contributed by atoms with Crippen molar-refractivity contribution < 1.29 is 9.53 Å². The largest absolute Gasteiger partial charge is 0.444 e. The molecule has 2 aliphatic rings. The van der Waals surface area contributed by atoms with Gasteiger partial charge in [-0.2, -0.15) is 0 Å². The molecule has 0 spiro atoms. The number of amides is 1. The van der Waals surface area contributed by atoms with E-state index in [1.807, 2.05) is 25.7 Å². The molecule has 1 N–H and O–H groups in total. The molecule has 1 aromatic rings. The van der Waals surface area contributed by atoms with Gasteiger partial charge in [0.25, 0.3) is 0 Å². The second-order valence-electron chi connectivity index (χ2n) is 8.04. The maximum absolute atomic E-state index is 12.1. The van der Waals surface area contributed by atoms with Gasteiger partial charge in [-0.1, -0.05) is 29.8 Å². The fraction of sp³-hybridized carbons (Fsp3) is 0.632. The molecule has 0 bridgehead atoms. The van der Waals surface area contributed by atoms with Crippen LogP contribution in [0.3, 0.4) is 0 Å². The first kappa shape index (κ1) is 16.3. The molecule has 0 aromatic heterocycles. The first-order chi connectivity index (χ1) is 10.7. The van der Waals surface area contributed by atoms with Crippen LogP contribution < -0.4 is 5.32 Å². The van der Waals surface area contributed by atoms with Gasteiger partial charge in [-0.05, 0) is 52.0 Å². The number of piperidine rings is 1. The number of aryl methyl sites for hydroxylation is 1. The van der Waals surface area contributed by atoms with E-state index in [-0.39, 0.29) is 6.09 Å². The number of carbonyl (C=O) groups excluding carboxylic acids is 1. The molecule has 0 radical (unpaired) electrons. The molecule has 23 heavy (non-hydrogen) atoms. The van der Waals surface area contributed by atoms with Crippen molar-refractivity contribution >= 4 is 6.09 Å². The first-order valence-electron chi connectivity index (χ1n) is 8.55. The molecular formula is C19H28N2O2. The lowest BCUT2D eigenvalue weighted by Crippen LogP contribution is -2.39. The lowest BCUT2D eigenvalue weighted by Gasteiger charge is -2.26. The quantitative estimate of drug-likeness (QED) is 0.928. The number of hydrogen-bond acceptors (Lipinski definition) is 3. The zero-order chi connectivity index (χ0) is 16.8. The van der Waals surface area contributed by atoms with Crippen LogP contribution in [-0.4, -0.2) is 35.7 Å². The van der Waals surface area contributed by atoms with Crippen LogP contribution in [0, 0.1) is 18.8 Å². The number of rotatable bonds is 3. The van der Waals surface area contributed by atoms with Gasteiger partial charge < -0.3 is 15.0 Å². The summed E-state index contributed by atoms with van der Waals surface area (Å²) in [6.45, 7) is 11.7. The number of carbonyl (C=O) groups is 1. The molecule has 1 aliphatic carbocycles. The van der Waals surface area contributed by atoms with Gasteiger partial charge in [0.2, 0.25) is 0 Å². The molecule has 1 saturated heterocycles. The first-order valence-corrected chi connectivity index (χ1v) is 8.55. The highest BCUT2D eigenvalue weighted by Gasteiger charge is 2.57. The molecule has 2 fully saturated rings. The zero-order valence-electron chi connectivity index (χ0n) is 14.8. The van der Waals surface area contributed by atoms with Crippen molar-refractivity contribution in [3.8, 4) is 0 Å². The Morgan fingerprint density at radius 1 is 1.22 bits per heavy atom. The normalized spacial score (nSPS) is 27.5. The van der Waals surface area contributed by atoms with Gasteiger partial charge in [0.05, 0.1) is 0 Å². The summed E-state index contributed by atoms with van der Waals surface area (Å²) in [4.78, 5) is 13.9. The third-order valence-electron chi connectivity index (χ3n) is 4.87. The minimum absolute atomic E-state index is 0.171. The van der Waals surface area contributed by atoms with Gasteiger partial charge in [0.1, 0.15) is 5.60 Å². The number of fused-ring (bicyclic) bond motifs is 1. The topological polar surface area (TPSA) is 41.6 Å². The Morgan fingerprint density at radius 2 is 1.78 bits per heavy atom. The number of ether oxygens (including phenoxy) is 1. The molecule has 3 rings (SSSR count). The molecule has 3 unspecified atom stereocenters. The van der Waals surface area contributed by atoms with Crippen molar-refractivity contribution in [2.75, 3.05) is 13.1 Å². The minimum atomic E-state index is -0.415. The van der Waals surface area contributed by atoms with E-state index in [0.29, 0.717) is 23.9 Å². The number of likely N-dealkylation sites (tertiary alicyclic amines) is 1. The monoisotopic (exact) mass is 316 g/mol. The summed E-state index contributed by atoms with van der Waals surface area (Å²) >= 11 is 0. The molecular weight excluding hydrogens is 288 g/mol. The van der Waals surface area contributed by atoms with Crippen LogP contribution in [0.25, 0.3) is 0 Å². The second-order valence-corrected chi connectivity index (χ2v) is 8.04. The van der Waals surface area contributed by atoms with Crippen molar-refractivity contribution in [1.82, 2.24) is 10.2 Å². The Kier molecular flexibility index (Phi) is 4.13. The highest BCUT2D eigenvalue weighted by molar-refractivity contribution is 5.69. The van der Waals surface area contributed by atoms with E-state index in [9.17, 15) is 4.79 Å². The second kappa shape index (κ2) is 5.82. The fourth-order valence-electron chi connectivity index (χ4n) is 3.49. The van der Waals surface area contributed by atoms with Crippen LogP contribution in [0.15, 0.2) is 24.3 Å². The van der Waals surface area contributed by atoms with Gasteiger partial charge in [0, 0.05) is 25.2 Å². The van der Waals surface area contributed by atoms with Crippen LogP contribution in [0.5, 0.6) is 0 Å². The average molecular weight is 316 g/mol. The zero-order valence-corrected chi connectivity index (χ0v) is 14.8. The lowest BCUT2D eigenvalue weighted by atomic mass is 10.1. The molecule has 1 amide bonds.